The van der Waals surface area contributed by atoms with Gasteiger partial charge in [-0.15, -0.1) is 0 Å². The predicted octanol–water partition coefficient (Wildman–Crippen LogP) is 0.168. The lowest BCUT2D eigenvalue weighted by Crippen LogP contribution is -1.25. The maximum Gasteiger partial charge on any atom is 0.130 e. The predicted molar refractivity (Wildman–Crippen MR) is 27.8 cm³/mol. The van der Waals surface area contributed by atoms with Gasteiger partial charge in [0.25, 0.3) is 0 Å². The Hall–Kier alpha value is -0.240. The minimum absolute atomic E-state index is 0. The molecule has 38 valence electrons. The van der Waals surface area contributed by atoms with E-state index in [9.17, 15) is 0 Å². The zero-order chi connectivity index (χ0) is 4.71. The van der Waals surface area contributed by atoms with Gasteiger partial charge in [-0.25, -0.2) is 0 Å². The zero-order valence-electron chi connectivity index (χ0n) is 3.55. The molecule has 0 amide bonds. The molecule has 3 nitrogen and oxygen atoms in total. The Morgan fingerprint density at radius 2 is 1.67 bits per heavy atom. The van der Waals surface area contributed by atoms with Crippen molar-refractivity contribution in [3.63, 3.8) is 0 Å². The first-order valence-electron chi connectivity index (χ1n) is 0.894. The van der Waals surface area contributed by atoms with Crippen molar-refractivity contribution in [2.45, 2.75) is 0 Å². The number of rotatable bonds is 0. The molecule has 0 aromatic heterocycles. The summed E-state index contributed by atoms with van der Waals surface area (Å²) in [5.74, 6) is 0. The molecule has 0 aliphatic carbocycles. The summed E-state index contributed by atoms with van der Waals surface area (Å²) in [5.41, 5.74) is 0. The van der Waals surface area contributed by atoms with Crippen LogP contribution in [0.4, 0.5) is 0 Å². The highest BCUT2D eigenvalue weighted by atomic mass is 32.1. The number of nitriles is 1. The topological polar surface area (TPSA) is 79.0 Å². The summed E-state index contributed by atoms with van der Waals surface area (Å²) in [4.78, 5) is 0. The molecule has 0 aliphatic heterocycles. The van der Waals surface area contributed by atoms with Gasteiger partial charge in [0.15, 0.2) is 0 Å². The number of aliphatic hydroxyl groups is 1. The summed E-state index contributed by atoms with van der Waals surface area (Å²) in [5, 5.41) is 15.6. The highest BCUT2D eigenvalue weighted by molar-refractivity contribution is 7.85. The smallest absolute Gasteiger partial charge is 0.130 e. The second-order valence-corrected chi connectivity index (χ2v) is 0.300. The molecule has 0 bridgehead atoms. The minimum Gasteiger partial charge on any atom is -0.400 e. The fraction of sp³-hybridized carbons (Fsp3) is 0.500. The normalized spacial score (nSPS) is 2.33. The van der Waals surface area contributed by atoms with Gasteiger partial charge in [-0.2, -0.15) is 5.26 Å². The third kappa shape index (κ3) is 497. The van der Waals surface area contributed by atoms with Gasteiger partial charge < -0.3 is 11.3 Å². The van der Waals surface area contributed by atoms with E-state index in [4.69, 9.17) is 10.4 Å². The molecule has 0 aromatic rings. The molecule has 4 heteroatoms. The molecule has 4 N–H and O–H groups in total. The van der Waals surface area contributed by atoms with Gasteiger partial charge in [-0.1, -0.05) is 12.6 Å². The molecule has 0 aromatic carbocycles. The largest absolute Gasteiger partial charge is 0.400 e. The number of nitrogens with zero attached hydrogens (tertiary/aromatic N) is 1. The monoisotopic (exact) mass is 108 g/mol. The summed E-state index contributed by atoms with van der Waals surface area (Å²) in [6, 6.07) is 0. The average molecular weight is 108 g/mol. The van der Waals surface area contributed by atoms with Gasteiger partial charge in [-0.05, 0) is 0 Å². The maximum atomic E-state index is 7.18. The number of aliphatic hydroxyl groups excluding tert-OH is 1. The van der Waals surface area contributed by atoms with Gasteiger partial charge in [0.05, 0.1) is 0 Å². The Morgan fingerprint density at radius 3 is 1.67 bits per heavy atom. The average Bonchev–Trinajstić information content (AvgIpc) is 1.46. The summed E-state index contributed by atoms with van der Waals surface area (Å²) in [6.45, 7) is 0. The van der Waals surface area contributed by atoms with Crippen LogP contribution in [0.1, 0.15) is 0 Å². The van der Waals surface area contributed by atoms with Crippen LogP contribution < -0.4 is 6.15 Å². The third-order valence-electron chi connectivity index (χ3n) is 0. The van der Waals surface area contributed by atoms with Crippen LogP contribution in [0.2, 0.25) is 0 Å². The second-order valence-electron chi connectivity index (χ2n) is 0.100. The van der Waals surface area contributed by atoms with E-state index in [1.165, 1.54) is 5.40 Å². The van der Waals surface area contributed by atoms with Crippen molar-refractivity contribution in [3.05, 3.63) is 0 Å². The van der Waals surface area contributed by atoms with Crippen LogP contribution in [0.5, 0.6) is 0 Å². The van der Waals surface area contributed by atoms with Gasteiger partial charge >= 0.3 is 0 Å². The van der Waals surface area contributed by atoms with Gasteiger partial charge in [0, 0.05) is 7.11 Å². The molecule has 6 heavy (non-hydrogen) atoms. The first-order valence-corrected chi connectivity index (χ1v) is 1.34. The SMILES string of the molecule is CO.N.N#CS. The van der Waals surface area contributed by atoms with Crippen LogP contribution in [0.3, 0.4) is 0 Å². The Labute approximate surface area is 42.6 Å². The Kier molecular flexibility index (Phi) is 333. The number of thiol groups is 1. The molecule has 0 saturated heterocycles. The third-order valence-corrected chi connectivity index (χ3v) is 0. The lowest BCUT2D eigenvalue weighted by atomic mass is 11.8. The Bertz CT molecular complexity index is 33.0. The fourth-order valence-electron chi connectivity index (χ4n) is 0. The van der Waals surface area contributed by atoms with Crippen LogP contribution in [-0.4, -0.2) is 12.2 Å². The second kappa shape index (κ2) is 117. The van der Waals surface area contributed by atoms with Crippen LogP contribution in [0.15, 0.2) is 0 Å². The van der Waals surface area contributed by atoms with E-state index in [1.54, 1.807) is 0 Å². The molecule has 0 unspecified atom stereocenters. The molecule has 0 spiro atoms. The first-order chi connectivity index (χ1) is 2.41. The summed E-state index contributed by atoms with van der Waals surface area (Å²) in [7, 11) is 1.00. The van der Waals surface area contributed by atoms with E-state index in [0.29, 0.717) is 0 Å². The maximum absolute atomic E-state index is 7.18. The summed E-state index contributed by atoms with van der Waals surface area (Å²) < 4.78 is 0. The standard InChI is InChI=1S/CHNS.CH4O.H3N/c2-1-3;1-2;/h3H;2H,1H3;1H3. The van der Waals surface area contributed by atoms with Crippen molar-refractivity contribution in [2.24, 2.45) is 0 Å². The summed E-state index contributed by atoms with van der Waals surface area (Å²) in [6.07, 6.45) is 0. The van der Waals surface area contributed by atoms with E-state index in [2.05, 4.69) is 12.6 Å². The van der Waals surface area contributed by atoms with E-state index in [0.717, 1.165) is 7.11 Å². The lowest BCUT2D eigenvalue weighted by molar-refractivity contribution is 0.399. The molecule has 0 radical (unpaired) electrons. The highest BCUT2D eigenvalue weighted by Gasteiger charge is 1.18. The molecule has 0 heterocycles. The van der Waals surface area contributed by atoms with Crippen LogP contribution in [0, 0.1) is 10.7 Å². The summed E-state index contributed by atoms with van der Waals surface area (Å²) >= 11 is 3.09. The van der Waals surface area contributed by atoms with E-state index in [1.807, 2.05) is 0 Å². The first kappa shape index (κ1) is 17.1. The zero-order valence-corrected chi connectivity index (χ0v) is 4.44. The van der Waals surface area contributed by atoms with Crippen molar-refractivity contribution in [1.29, 1.82) is 5.26 Å². The number of hydrogen-bond donors (Lipinski definition) is 3. The fourth-order valence-corrected chi connectivity index (χ4v) is 0. The van der Waals surface area contributed by atoms with Crippen molar-refractivity contribution >= 4 is 12.6 Å². The molecule has 0 aliphatic rings. The van der Waals surface area contributed by atoms with E-state index in [-0.39, 0.29) is 6.15 Å². The van der Waals surface area contributed by atoms with Crippen molar-refractivity contribution < 1.29 is 5.11 Å². The molecular weight excluding hydrogens is 100 g/mol. The number of hydrogen-bond acceptors (Lipinski definition) is 4. The van der Waals surface area contributed by atoms with Crippen molar-refractivity contribution in [3.8, 4) is 5.40 Å². The minimum atomic E-state index is 0. The Morgan fingerprint density at radius 1 is 1.67 bits per heavy atom. The van der Waals surface area contributed by atoms with Gasteiger partial charge in [0.2, 0.25) is 0 Å². The van der Waals surface area contributed by atoms with E-state index >= 15 is 0 Å². The molecule has 0 rings (SSSR count). The van der Waals surface area contributed by atoms with Crippen LogP contribution in [-0.2, 0) is 0 Å². The quantitative estimate of drug-likeness (QED) is 0.305. The molecular formula is C2H8N2OS. The molecule has 0 fully saturated rings. The molecule has 0 atom stereocenters. The highest BCUT2D eigenvalue weighted by Crippen LogP contribution is 1.46. The van der Waals surface area contributed by atoms with Crippen molar-refractivity contribution in [1.82, 2.24) is 6.15 Å². The van der Waals surface area contributed by atoms with Crippen LogP contribution in [0.25, 0.3) is 0 Å². The number of thiocyanates is 1. The Balaban J connectivity index is -0.0000000275. The lowest BCUT2D eigenvalue weighted by Gasteiger charge is -1.21. The molecule has 0 saturated carbocycles. The van der Waals surface area contributed by atoms with Crippen molar-refractivity contribution in [2.75, 3.05) is 7.11 Å². The van der Waals surface area contributed by atoms with Gasteiger partial charge in [-0.3, -0.25) is 0 Å². The van der Waals surface area contributed by atoms with Crippen LogP contribution >= 0.6 is 12.6 Å². The van der Waals surface area contributed by atoms with E-state index < -0.39 is 0 Å². The van der Waals surface area contributed by atoms with Gasteiger partial charge in [0.1, 0.15) is 5.40 Å².